The Hall–Kier alpha value is -2.11. The van der Waals surface area contributed by atoms with Gasteiger partial charge in [-0.1, -0.05) is 0 Å². The van der Waals surface area contributed by atoms with Crippen LogP contribution in [0.2, 0.25) is 0 Å². The SMILES string of the molecule is Nc1ccc(C(=O)NCC2(C3CC3)CC2)cc1[N+](=O)[O-]. The number of nitrogens with one attached hydrogen (secondary N) is 1. The van der Waals surface area contributed by atoms with E-state index in [2.05, 4.69) is 5.32 Å². The minimum atomic E-state index is -0.571. The van der Waals surface area contributed by atoms with E-state index in [1.807, 2.05) is 0 Å². The van der Waals surface area contributed by atoms with Gasteiger partial charge in [0.15, 0.2) is 0 Å². The van der Waals surface area contributed by atoms with Gasteiger partial charge < -0.3 is 11.1 Å². The molecule has 2 fully saturated rings. The summed E-state index contributed by atoms with van der Waals surface area (Å²) in [6.07, 6.45) is 4.89. The van der Waals surface area contributed by atoms with Gasteiger partial charge in [0.05, 0.1) is 4.92 Å². The van der Waals surface area contributed by atoms with Crippen molar-refractivity contribution in [2.24, 2.45) is 11.3 Å². The lowest BCUT2D eigenvalue weighted by atomic mass is 10.0. The number of amides is 1. The largest absolute Gasteiger partial charge is 0.393 e. The van der Waals surface area contributed by atoms with Crippen LogP contribution in [-0.4, -0.2) is 17.4 Å². The Kier molecular flexibility index (Phi) is 2.88. The zero-order valence-electron chi connectivity index (χ0n) is 11.1. The van der Waals surface area contributed by atoms with Gasteiger partial charge in [0.25, 0.3) is 11.6 Å². The third kappa shape index (κ3) is 2.33. The number of carbonyl (C=O) groups is 1. The molecule has 2 aliphatic carbocycles. The lowest BCUT2D eigenvalue weighted by Gasteiger charge is -2.15. The van der Waals surface area contributed by atoms with Crippen LogP contribution in [0, 0.1) is 21.4 Å². The second-order valence-corrected chi connectivity index (χ2v) is 5.85. The van der Waals surface area contributed by atoms with E-state index in [0.29, 0.717) is 12.0 Å². The van der Waals surface area contributed by atoms with Gasteiger partial charge in [-0.15, -0.1) is 0 Å². The Balaban J connectivity index is 1.67. The Morgan fingerprint density at radius 2 is 2.15 bits per heavy atom. The molecule has 0 saturated heterocycles. The number of nitro benzene ring substituents is 1. The van der Waals surface area contributed by atoms with E-state index >= 15 is 0 Å². The summed E-state index contributed by atoms with van der Waals surface area (Å²) in [7, 11) is 0. The highest BCUT2D eigenvalue weighted by molar-refractivity contribution is 5.95. The summed E-state index contributed by atoms with van der Waals surface area (Å²) < 4.78 is 0. The van der Waals surface area contributed by atoms with Crippen molar-refractivity contribution in [1.82, 2.24) is 5.32 Å². The maximum Gasteiger partial charge on any atom is 0.292 e. The summed E-state index contributed by atoms with van der Waals surface area (Å²) in [5, 5.41) is 13.7. The fourth-order valence-electron chi connectivity index (χ4n) is 2.79. The Morgan fingerprint density at radius 3 is 2.70 bits per heavy atom. The summed E-state index contributed by atoms with van der Waals surface area (Å²) in [6.45, 7) is 0.675. The standard InChI is InChI=1S/C14H17N3O3/c15-11-4-1-9(7-12(11)17(19)20)13(18)16-8-14(5-6-14)10-2-3-10/h1,4,7,10H,2-3,5-6,8,15H2,(H,16,18). The maximum atomic E-state index is 12.1. The third-order valence-electron chi connectivity index (χ3n) is 4.43. The van der Waals surface area contributed by atoms with Crippen LogP contribution in [0.3, 0.4) is 0 Å². The number of anilines is 1. The molecule has 0 atom stereocenters. The zero-order valence-corrected chi connectivity index (χ0v) is 11.1. The van der Waals surface area contributed by atoms with E-state index in [1.54, 1.807) is 0 Å². The minimum Gasteiger partial charge on any atom is -0.393 e. The quantitative estimate of drug-likeness (QED) is 0.488. The maximum absolute atomic E-state index is 12.1. The number of nitrogens with two attached hydrogens (primary N) is 1. The van der Waals surface area contributed by atoms with Crippen LogP contribution in [0.5, 0.6) is 0 Å². The van der Waals surface area contributed by atoms with Crippen molar-refractivity contribution >= 4 is 17.3 Å². The monoisotopic (exact) mass is 275 g/mol. The molecule has 1 aromatic carbocycles. The van der Waals surface area contributed by atoms with Crippen molar-refractivity contribution in [2.45, 2.75) is 25.7 Å². The van der Waals surface area contributed by atoms with Crippen LogP contribution in [0.25, 0.3) is 0 Å². The van der Waals surface area contributed by atoms with Crippen LogP contribution in [0.4, 0.5) is 11.4 Å². The van der Waals surface area contributed by atoms with Crippen LogP contribution in [0.1, 0.15) is 36.0 Å². The first-order valence-electron chi connectivity index (χ1n) is 6.84. The molecule has 0 aromatic heterocycles. The molecular weight excluding hydrogens is 258 g/mol. The molecule has 0 bridgehead atoms. The van der Waals surface area contributed by atoms with Crippen molar-refractivity contribution in [1.29, 1.82) is 0 Å². The molecule has 1 aromatic rings. The molecule has 2 aliphatic rings. The van der Waals surface area contributed by atoms with Crippen LogP contribution in [0.15, 0.2) is 18.2 Å². The summed E-state index contributed by atoms with van der Waals surface area (Å²) in [6, 6.07) is 4.16. The van der Waals surface area contributed by atoms with Crippen LogP contribution < -0.4 is 11.1 Å². The molecule has 2 saturated carbocycles. The van der Waals surface area contributed by atoms with E-state index in [9.17, 15) is 14.9 Å². The molecule has 0 unspecified atom stereocenters. The van der Waals surface area contributed by atoms with Gasteiger partial charge in [-0.25, -0.2) is 0 Å². The molecule has 0 heterocycles. The predicted molar refractivity (Wildman–Crippen MR) is 74.2 cm³/mol. The second-order valence-electron chi connectivity index (χ2n) is 5.85. The fraction of sp³-hybridized carbons (Fsp3) is 0.500. The minimum absolute atomic E-state index is 0.0724. The van der Waals surface area contributed by atoms with Gasteiger partial charge in [0.1, 0.15) is 5.69 Å². The molecule has 0 aliphatic heterocycles. The Bertz CT molecular complexity index is 577. The van der Waals surface area contributed by atoms with E-state index in [1.165, 1.54) is 43.9 Å². The normalized spacial score (nSPS) is 19.4. The van der Waals surface area contributed by atoms with E-state index in [-0.39, 0.29) is 22.8 Å². The highest BCUT2D eigenvalue weighted by Crippen LogP contribution is 2.60. The number of hydrogen-bond donors (Lipinski definition) is 2. The molecule has 0 spiro atoms. The number of nitrogen functional groups attached to an aromatic ring is 1. The summed E-state index contributed by atoms with van der Waals surface area (Å²) in [4.78, 5) is 22.3. The van der Waals surface area contributed by atoms with Crippen molar-refractivity contribution in [2.75, 3.05) is 12.3 Å². The number of benzene rings is 1. The van der Waals surface area contributed by atoms with Crippen molar-refractivity contribution < 1.29 is 9.72 Å². The van der Waals surface area contributed by atoms with Gasteiger partial charge >= 0.3 is 0 Å². The third-order valence-corrected chi connectivity index (χ3v) is 4.43. The number of nitrogens with zero attached hydrogens (tertiary/aromatic N) is 1. The van der Waals surface area contributed by atoms with Gasteiger partial charge in [-0.05, 0) is 49.1 Å². The fourth-order valence-corrected chi connectivity index (χ4v) is 2.79. The lowest BCUT2D eigenvalue weighted by Crippen LogP contribution is -2.31. The number of carbonyl (C=O) groups excluding carboxylic acids is 1. The van der Waals surface area contributed by atoms with Crippen molar-refractivity contribution in [3.8, 4) is 0 Å². The molecule has 1 amide bonds. The second kappa shape index (κ2) is 4.47. The summed E-state index contributed by atoms with van der Waals surface area (Å²) in [5.41, 5.74) is 5.97. The van der Waals surface area contributed by atoms with E-state index < -0.39 is 4.92 Å². The lowest BCUT2D eigenvalue weighted by molar-refractivity contribution is -0.383. The van der Waals surface area contributed by atoms with Gasteiger partial charge in [0.2, 0.25) is 0 Å². The van der Waals surface area contributed by atoms with Gasteiger partial charge in [0, 0.05) is 18.2 Å². The van der Waals surface area contributed by atoms with E-state index in [0.717, 1.165) is 5.92 Å². The molecule has 106 valence electrons. The van der Waals surface area contributed by atoms with Crippen molar-refractivity contribution in [3.05, 3.63) is 33.9 Å². The Labute approximate surface area is 116 Å². The molecule has 3 rings (SSSR count). The number of rotatable bonds is 5. The highest BCUT2D eigenvalue weighted by atomic mass is 16.6. The average molecular weight is 275 g/mol. The van der Waals surface area contributed by atoms with Crippen molar-refractivity contribution in [3.63, 3.8) is 0 Å². The van der Waals surface area contributed by atoms with Gasteiger partial charge in [-0.3, -0.25) is 14.9 Å². The highest BCUT2D eigenvalue weighted by Gasteiger charge is 2.53. The average Bonchev–Trinajstić information content (AvgIpc) is 3.27. The molecular formula is C14H17N3O3. The first-order chi connectivity index (χ1) is 9.52. The molecule has 0 radical (unpaired) electrons. The summed E-state index contributed by atoms with van der Waals surface area (Å²) in [5.74, 6) is 0.503. The Morgan fingerprint density at radius 1 is 1.45 bits per heavy atom. The number of hydrogen-bond acceptors (Lipinski definition) is 4. The first kappa shape index (κ1) is 12.9. The summed E-state index contributed by atoms with van der Waals surface area (Å²) >= 11 is 0. The number of nitro groups is 1. The van der Waals surface area contributed by atoms with Gasteiger partial charge in [-0.2, -0.15) is 0 Å². The topological polar surface area (TPSA) is 98.3 Å². The molecule has 20 heavy (non-hydrogen) atoms. The first-order valence-corrected chi connectivity index (χ1v) is 6.84. The molecule has 6 nitrogen and oxygen atoms in total. The molecule has 6 heteroatoms. The van der Waals surface area contributed by atoms with Crippen LogP contribution >= 0.6 is 0 Å². The smallest absolute Gasteiger partial charge is 0.292 e. The van der Waals surface area contributed by atoms with E-state index in [4.69, 9.17) is 5.73 Å². The van der Waals surface area contributed by atoms with Crippen LogP contribution in [-0.2, 0) is 0 Å². The predicted octanol–water partition coefficient (Wildman–Crippen LogP) is 2.10. The molecule has 3 N–H and O–H groups in total. The zero-order chi connectivity index (χ0) is 14.3.